The number of hydrogen-bond donors (Lipinski definition) is 1. The average molecular weight is 619 g/mol. The van der Waals surface area contributed by atoms with E-state index in [0.717, 1.165) is 12.2 Å². The van der Waals surface area contributed by atoms with Crippen LogP contribution in [0.2, 0.25) is 5.02 Å². The molecule has 0 fully saturated rings. The van der Waals surface area contributed by atoms with Gasteiger partial charge in [-0.15, -0.1) is 0 Å². The molecule has 1 amide bonds. The minimum Gasteiger partial charge on any atom is -0.493 e. The van der Waals surface area contributed by atoms with Crippen molar-refractivity contribution in [2.45, 2.75) is 26.2 Å². The lowest BCUT2D eigenvalue weighted by atomic mass is 9.99. The molecule has 1 unspecified atom stereocenters. The van der Waals surface area contributed by atoms with E-state index in [1.165, 1.54) is 36.6 Å². The van der Waals surface area contributed by atoms with Crippen LogP contribution in [0.25, 0.3) is 6.08 Å². The Kier molecular flexibility index (Phi) is 9.37. The summed E-state index contributed by atoms with van der Waals surface area (Å²) < 4.78 is 23.0. The number of benzene rings is 3. The maximum Gasteiger partial charge on any atom is 0.283 e. The van der Waals surface area contributed by atoms with E-state index in [4.69, 9.17) is 36.0 Å². The molecule has 0 bridgehead atoms. The Hall–Kier alpha value is -4.28. The number of amides is 1. The van der Waals surface area contributed by atoms with Crippen LogP contribution in [-0.2, 0) is 4.79 Å². The maximum absolute atomic E-state index is 13.0. The van der Waals surface area contributed by atoms with Crippen LogP contribution >= 0.6 is 23.4 Å². The normalized spacial score (nSPS) is 16.0. The highest BCUT2D eigenvalue weighted by Crippen LogP contribution is 2.40. The molecule has 222 valence electrons. The van der Waals surface area contributed by atoms with Gasteiger partial charge in [0, 0.05) is 5.56 Å². The molecule has 0 spiro atoms. The summed E-state index contributed by atoms with van der Waals surface area (Å²) in [6, 6.07) is 18.8. The second-order valence-corrected chi connectivity index (χ2v) is 11.1. The molecular weight excluding hydrogens is 588 g/mol. The van der Waals surface area contributed by atoms with E-state index in [1.807, 2.05) is 30.3 Å². The lowest BCUT2D eigenvalue weighted by Crippen LogP contribution is -2.35. The second-order valence-electron chi connectivity index (χ2n) is 9.73. The summed E-state index contributed by atoms with van der Waals surface area (Å²) in [4.78, 5) is 17.2. The van der Waals surface area contributed by atoms with Crippen molar-refractivity contribution >= 4 is 51.4 Å². The first kappa shape index (κ1) is 30.2. The molecule has 11 heteroatoms. The Balaban J connectivity index is 1.30. The molecule has 2 heterocycles. The fraction of sp³-hybridized carbons (Fsp3) is 0.250. The molecule has 2 aliphatic rings. The van der Waals surface area contributed by atoms with Crippen LogP contribution < -0.4 is 18.9 Å². The first-order valence-electron chi connectivity index (χ1n) is 13.7. The third kappa shape index (κ3) is 6.55. The Bertz CT molecular complexity index is 1610. The van der Waals surface area contributed by atoms with E-state index >= 15 is 0 Å². The predicted molar refractivity (Wildman–Crippen MR) is 171 cm³/mol. The van der Waals surface area contributed by atoms with E-state index in [1.54, 1.807) is 24.3 Å². The van der Waals surface area contributed by atoms with Crippen molar-refractivity contribution in [2.75, 3.05) is 27.4 Å². The SMILES string of the molecule is CCC(C)c1ccc(OCCOc2c(OC)cc(/C=C3\C(=N)N4N=C(c5ccccc5Cl)SC4=NC3=O)cc2OC)cc1. The number of carbonyl (C=O) groups is 1. The average Bonchev–Trinajstić information content (AvgIpc) is 3.45. The highest BCUT2D eigenvalue weighted by Gasteiger charge is 2.36. The lowest BCUT2D eigenvalue weighted by molar-refractivity contribution is -0.114. The Labute approximate surface area is 259 Å². The minimum absolute atomic E-state index is 0.0685. The van der Waals surface area contributed by atoms with Crippen LogP contribution in [-0.4, -0.2) is 54.4 Å². The van der Waals surface area contributed by atoms with Gasteiger partial charge in [0.25, 0.3) is 5.91 Å². The zero-order valence-electron chi connectivity index (χ0n) is 24.2. The number of nitrogens with zero attached hydrogens (tertiary/aromatic N) is 3. The smallest absolute Gasteiger partial charge is 0.283 e. The third-order valence-corrected chi connectivity index (χ3v) is 8.28. The topological polar surface area (TPSA) is 106 Å². The van der Waals surface area contributed by atoms with Crippen molar-refractivity contribution in [3.8, 4) is 23.0 Å². The number of nitrogens with one attached hydrogen (secondary N) is 1. The molecule has 43 heavy (non-hydrogen) atoms. The molecule has 3 aromatic rings. The quantitative estimate of drug-likeness (QED) is 0.182. The van der Waals surface area contributed by atoms with Gasteiger partial charge in [0.1, 0.15) is 24.0 Å². The molecule has 3 aromatic carbocycles. The van der Waals surface area contributed by atoms with E-state index in [2.05, 4.69) is 36.1 Å². The van der Waals surface area contributed by atoms with Gasteiger partial charge in [0.15, 0.2) is 17.3 Å². The summed E-state index contributed by atoms with van der Waals surface area (Å²) in [7, 11) is 3.04. The fourth-order valence-electron chi connectivity index (χ4n) is 4.46. The number of thioether (sulfide) groups is 1. The van der Waals surface area contributed by atoms with Crippen LogP contribution in [0.4, 0.5) is 0 Å². The summed E-state index contributed by atoms with van der Waals surface area (Å²) >= 11 is 7.52. The van der Waals surface area contributed by atoms with Gasteiger partial charge >= 0.3 is 0 Å². The third-order valence-electron chi connectivity index (χ3n) is 7.01. The van der Waals surface area contributed by atoms with Crippen LogP contribution in [0, 0.1) is 5.41 Å². The highest BCUT2D eigenvalue weighted by molar-refractivity contribution is 8.27. The molecular formula is C32H31ClN4O5S. The Morgan fingerprint density at radius 1 is 1.02 bits per heavy atom. The van der Waals surface area contributed by atoms with Crippen molar-refractivity contribution < 1.29 is 23.7 Å². The molecule has 0 saturated heterocycles. The van der Waals surface area contributed by atoms with E-state index in [-0.39, 0.29) is 18.0 Å². The largest absolute Gasteiger partial charge is 0.493 e. The van der Waals surface area contributed by atoms with Gasteiger partial charge in [-0.2, -0.15) is 15.1 Å². The van der Waals surface area contributed by atoms with Crippen LogP contribution in [0.5, 0.6) is 23.0 Å². The van der Waals surface area contributed by atoms with Gasteiger partial charge in [-0.05, 0) is 71.6 Å². The van der Waals surface area contributed by atoms with Gasteiger partial charge in [0.2, 0.25) is 10.9 Å². The number of hydrogen-bond acceptors (Lipinski definition) is 8. The molecule has 5 rings (SSSR count). The Morgan fingerprint density at radius 2 is 1.70 bits per heavy atom. The summed E-state index contributed by atoms with van der Waals surface area (Å²) in [5, 5.41) is 15.9. The first-order chi connectivity index (χ1) is 20.8. The number of halogens is 1. The van der Waals surface area contributed by atoms with E-state index in [9.17, 15) is 4.79 Å². The molecule has 0 saturated carbocycles. The molecule has 2 aliphatic heterocycles. The summed E-state index contributed by atoms with van der Waals surface area (Å²) in [5.74, 6) is 1.82. The summed E-state index contributed by atoms with van der Waals surface area (Å²) in [6.45, 7) is 4.94. The van der Waals surface area contributed by atoms with E-state index < -0.39 is 5.91 Å². The summed E-state index contributed by atoms with van der Waals surface area (Å²) in [5.41, 5.74) is 2.61. The van der Waals surface area contributed by atoms with Crippen molar-refractivity contribution in [3.63, 3.8) is 0 Å². The number of hydrazone groups is 1. The van der Waals surface area contributed by atoms with Crippen molar-refractivity contribution in [3.05, 3.63) is 87.9 Å². The van der Waals surface area contributed by atoms with Crippen molar-refractivity contribution in [1.29, 1.82) is 5.41 Å². The molecule has 0 aliphatic carbocycles. The summed E-state index contributed by atoms with van der Waals surface area (Å²) in [6.07, 6.45) is 2.64. The van der Waals surface area contributed by atoms with Gasteiger partial charge in [-0.25, -0.2) is 0 Å². The van der Waals surface area contributed by atoms with Crippen LogP contribution in [0.1, 0.15) is 42.9 Å². The number of rotatable bonds is 11. The van der Waals surface area contributed by atoms with Crippen molar-refractivity contribution in [2.24, 2.45) is 10.1 Å². The first-order valence-corrected chi connectivity index (χ1v) is 14.9. The van der Waals surface area contributed by atoms with Crippen LogP contribution in [0.15, 0.2) is 76.3 Å². The fourth-order valence-corrected chi connectivity index (χ4v) is 5.67. The highest BCUT2D eigenvalue weighted by atomic mass is 35.5. The Morgan fingerprint density at radius 3 is 2.35 bits per heavy atom. The molecule has 1 N–H and O–H groups in total. The molecule has 9 nitrogen and oxygen atoms in total. The van der Waals surface area contributed by atoms with Crippen LogP contribution in [0.3, 0.4) is 0 Å². The van der Waals surface area contributed by atoms with Crippen molar-refractivity contribution in [1.82, 2.24) is 5.01 Å². The number of methoxy groups -OCH3 is 2. The lowest BCUT2D eigenvalue weighted by Gasteiger charge is -2.20. The monoisotopic (exact) mass is 618 g/mol. The van der Waals surface area contributed by atoms with Gasteiger partial charge in [0.05, 0.1) is 24.8 Å². The van der Waals surface area contributed by atoms with Gasteiger partial charge < -0.3 is 18.9 Å². The molecule has 1 atom stereocenters. The van der Waals surface area contributed by atoms with Gasteiger partial charge in [-0.3, -0.25) is 10.2 Å². The molecule has 0 aromatic heterocycles. The zero-order valence-corrected chi connectivity index (χ0v) is 25.8. The minimum atomic E-state index is -0.549. The predicted octanol–water partition coefficient (Wildman–Crippen LogP) is 7.00. The maximum atomic E-state index is 13.0. The second kappa shape index (κ2) is 13.4. The number of aliphatic imine (C=N–C) groups is 1. The standard InChI is InChI=1S/C32H31ClN4O5S/c1-5-19(2)21-10-12-22(13-11-21)41-14-15-42-28-26(39-3)17-20(18-27(28)40-4)16-24-29(34)37-32(35-30(24)38)43-31(36-37)23-8-6-7-9-25(23)33/h6-13,16-19,34H,5,14-15H2,1-4H3/b24-16+,34-29?. The number of carbonyl (C=O) groups excluding carboxylic acids is 1. The number of amidine groups is 2. The van der Waals surface area contributed by atoms with Gasteiger partial charge in [-0.1, -0.05) is 55.8 Å². The van der Waals surface area contributed by atoms with E-state index in [0.29, 0.717) is 56.1 Å². The molecule has 0 radical (unpaired) electrons. The number of ether oxygens (including phenoxy) is 4. The zero-order chi connectivity index (χ0) is 30.5. The number of fused-ring (bicyclic) bond motifs is 1.